The molecule has 1 aliphatic rings. The predicted octanol–water partition coefficient (Wildman–Crippen LogP) is -0.883. The molecule has 5 N–H and O–H groups in total. The van der Waals surface area contributed by atoms with E-state index in [2.05, 4.69) is 25.4 Å². The van der Waals surface area contributed by atoms with E-state index in [0.717, 1.165) is 7.11 Å². The van der Waals surface area contributed by atoms with Crippen molar-refractivity contribution in [3.05, 3.63) is 16.7 Å². The first-order valence-corrected chi connectivity index (χ1v) is 9.04. The Balaban J connectivity index is 1.92. The molecule has 3 heterocycles. The first kappa shape index (κ1) is 18.5. The highest BCUT2D eigenvalue weighted by Gasteiger charge is 2.48. The normalized spacial score (nSPS) is 28.1. The molecule has 1 aliphatic heterocycles. The van der Waals surface area contributed by atoms with Gasteiger partial charge in [0.05, 0.1) is 6.33 Å². The summed E-state index contributed by atoms with van der Waals surface area (Å²) in [4.78, 5) is 31.5. The number of ether oxygens (including phenoxy) is 2. The number of nitrogens with one attached hydrogen (secondary N) is 1. The number of nitrogens with zero attached hydrogens (tertiary/aromatic N) is 3. The van der Waals surface area contributed by atoms with Crippen LogP contribution in [-0.2, 0) is 18.6 Å². The quantitative estimate of drug-likeness (QED) is 0.373. The molecule has 1 fully saturated rings. The second-order valence-electron chi connectivity index (χ2n) is 5.55. The molecule has 2 aromatic heterocycles. The molecule has 0 bridgehead atoms. The third kappa shape index (κ3) is 3.24. The minimum atomic E-state index is -4.01. The van der Waals surface area contributed by atoms with Crippen molar-refractivity contribution in [1.29, 1.82) is 0 Å². The smallest absolute Gasteiger partial charge is 0.353 e. The van der Waals surface area contributed by atoms with Crippen LogP contribution in [0.4, 0.5) is 5.95 Å². The Hall–Kier alpha value is -2.26. The van der Waals surface area contributed by atoms with E-state index in [9.17, 15) is 19.4 Å². The Morgan fingerprint density at radius 3 is 3.08 bits per heavy atom. The van der Waals surface area contributed by atoms with Crippen LogP contribution in [0.5, 0.6) is 0 Å². The van der Waals surface area contributed by atoms with Crippen LogP contribution in [-0.4, -0.2) is 54.9 Å². The minimum absolute atomic E-state index is 0.00614. The number of aromatic amines is 1. The van der Waals surface area contributed by atoms with Crippen LogP contribution in [0.25, 0.3) is 11.2 Å². The van der Waals surface area contributed by atoms with Crippen molar-refractivity contribution in [2.45, 2.75) is 24.5 Å². The number of aliphatic hydroxyl groups is 1. The molecule has 0 aromatic carbocycles. The van der Waals surface area contributed by atoms with Gasteiger partial charge in [-0.2, -0.15) is 4.98 Å². The van der Waals surface area contributed by atoms with Crippen molar-refractivity contribution in [1.82, 2.24) is 19.5 Å². The average Bonchev–Trinajstić information content (AvgIpc) is 3.15. The third-order valence-electron chi connectivity index (χ3n) is 3.81. The second-order valence-corrected chi connectivity index (χ2v) is 7.44. The van der Waals surface area contributed by atoms with Gasteiger partial charge in [-0.15, -0.1) is 6.42 Å². The number of rotatable bonds is 5. The summed E-state index contributed by atoms with van der Waals surface area (Å²) in [6, 6.07) is 0. The lowest BCUT2D eigenvalue weighted by Gasteiger charge is -2.24. The number of anilines is 1. The molecule has 1 saturated heterocycles. The molecule has 26 heavy (non-hydrogen) atoms. The first-order chi connectivity index (χ1) is 12.2. The standard InChI is InChI=1S/C13H16N5O7P/c1-3-13(24-6-26(21,22)23-2)4-7(19)11(25-13)18-5-15-8-9(18)16-12(14)17-10(8)20/h1,5,7,11,19H,4,6H2,2H3,(H,21,22)(H3,14,16,17,20). The fourth-order valence-corrected chi connectivity index (χ4v) is 3.01. The van der Waals surface area contributed by atoms with Gasteiger partial charge < -0.3 is 29.7 Å². The number of aliphatic hydroxyl groups excluding tert-OH is 1. The number of nitrogen functional groups attached to an aromatic ring is 1. The maximum Gasteiger partial charge on any atom is 0.353 e. The van der Waals surface area contributed by atoms with Gasteiger partial charge >= 0.3 is 7.60 Å². The lowest BCUT2D eigenvalue weighted by atomic mass is 10.1. The van der Waals surface area contributed by atoms with E-state index >= 15 is 0 Å². The van der Waals surface area contributed by atoms with Gasteiger partial charge in [0.25, 0.3) is 5.56 Å². The van der Waals surface area contributed by atoms with Crippen molar-refractivity contribution < 1.29 is 28.6 Å². The maximum absolute atomic E-state index is 11.9. The molecule has 2 aromatic rings. The van der Waals surface area contributed by atoms with E-state index < -0.39 is 37.6 Å². The highest BCUT2D eigenvalue weighted by atomic mass is 31.2. The lowest BCUT2D eigenvalue weighted by Crippen LogP contribution is -2.31. The lowest BCUT2D eigenvalue weighted by molar-refractivity contribution is -0.194. The van der Waals surface area contributed by atoms with E-state index in [-0.39, 0.29) is 23.5 Å². The highest BCUT2D eigenvalue weighted by Crippen LogP contribution is 2.45. The molecule has 4 atom stereocenters. The molecule has 12 nitrogen and oxygen atoms in total. The van der Waals surface area contributed by atoms with E-state index in [1.807, 2.05) is 0 Å². The number of terminal acetylenes is 1. The fourth-order valence-electron chi connectivity index (χ4n) is 2.54. The summed E-state index contributed by atoms with van der Waals surface area (Å²) in [7, 11) is -2.96. The van der Waals surface area contributed by atoms with Crippen molar-refractivity contribution >= 4 is 24.7 Å². The molecule has 13 heteroatoms. The summed E-state index contributed by atoms with van der Waals surface area (Å²) in [5, 5.41) is 10.4. The van der Waals surface area contributed by atoms with Crippen molar-refractivity contribution in [2.24, 2.45) is 0 Å². The molecule has 0 aliphatic carbocycles. The summed E-state index contributed by atoms with van der Waals surface area (Å²) < 4.78 is 28.1. The Morgan fingerprint density at radius 2 is 2.42 bits per heavy atom. The van der Waals surface area contributed by atoms with Crippen LogP contribution >= 0.6 is 7.60 Å². The highest BCUT2D eigenvalue weighted by molar-refractivity contribution is 7.52. The second kappa shape index (κ2) is 6.48. The molecule has 0 radical (unpaired) electrons. The van der Waals surface area contributed by atoms with Crippen LogP contribution in [0.3, 0.4) is 0 Å². The number of imidazole rings is 1. The van der Waals surface area contributed by atoms with Crippen molar-refractivity contribution in [3.63, 3.8) is 0 Å². The molecule has 140 valence electrons. The van der Waals surface area contributed by atoms with Gasteiger partial charge in [-0.25, -0.2) is 4.98 Å². The summed E-state index contributed by atoms with van der Waals surface area (Å²) in [6.07, 6.45) is 3.46. The minimum Gasteiger partial charge on any atom is -0.388 e. The average molecular weight is 385 g/mol. The van der Waals surface area contributed by atoms with Gasteiger partial charge in [0.1, 0.15) is 6.10 Å². The van der Waals surface area contributed by atoms with Crippen LogP contribution in [0, 0.1) is 12.3 Å². The van der Waals surface area contributed by atoms with E-state index in [1.54, 1.807) is 0 Å². The fraction of sp³-hybridized carbons (Fsp3) is 0.462. The monoisotopic (exact) mass is 385 g/mol. The van der Waals surface area contributed by atoms with E-state index in [0.29, 0.717) is 0 Å². The van der Waals surface area contributed by atoms with Crippen LogP contribution in [0.1, 0.15) is 12.6 Å². The Bertz CT molecular complexity index is 981. The van der Waals surface area contributed by atoms with Crippen molar-refractivity contribution in [2.75, 3.05) is 19.2 Å². The molecule has 0 amide bonds. The summed E-state index contributed by atoms with van der Waals surface area (Å²) in [5.74, 6) is 0.314. The Kier molecular flexibility index (Phi) is 4.61. The summed E-state index contributed by atoms with van der Waals surface area (Å²) >= 11 is 0. The zero-order valence-corrected chi connectivity index (χ0v) is 14.4. The van der Waals surface area contributed by atoms with Crippen LogP contribution in [0.2, 0.25) is 0 Å². The number of hydrogen-bond donors (Lipinski definition) is 4. The van der Waals surface area contributed by atoms with Gasteiger partial charge in [-0.1, -0.05) is 0 Å². The van der Waals surface area contributed by atoms with Crippen molar-refractivity contribution in [3.8, 4) is 12.3 Å². The van der Waals surface area contributed by atoms with Gasteiger partial charge in [0, 0.05) is 13.5 Å². The predicted molar refractivity (Wildman–Crippen MR) is 87.7 cm³/mol. The SMILES string of the molecule is C#CC1(OCP(=O)(O)OC)CC(O)C(n2cnc3c(=O)[nH]c(N)nc32)O1. The van der Waals surface area contributed by atoms with Gasteiger partial charge in [-0.3, -0.25) is 18.9 Å². The molecule has 0 saturated carbocycles. The third-order valence-corrected chi connectivity index (χ3v) is 4.83. The Morgan fingerprint density at radius 1 is 1.69 bits per heavy atom. The zero-order chi connectivity index (χ0) is 19.1. The number of H-pyrrole nitrogens is 1. The maximum atomic E-state index is 11.9. The molecule has 0 spiro atoms. The molecular weight excluding hydrogens is 369 g/mol. The molecule has 4 unspecified atom stereocenters. The van der Waals surface area contributed by atoms with Gasteiger partial charge in [0.15, 0.2) is 23.7 Å². The summed E-state index contributed by atoms with van der Waals surface area (Å²) in [6.45, 7) is 0. The van der Waals surface area contributed by atoms with Gasteiger partial charge in [-0.05, 0) is 5.92 Å². The number of nitrogens with two attached hydrogens (primary N) is 1. The number of fused-ring (bicyclic) bond motifs is 1. The molecule has 3 rings (SSSR count). The number of hydrogen-bond acceptors (Lipinski definition) is 9. The van der Waals surface area contributed by atoms with Gasteiger partial charge in [0.2, 0.25) is 11.7 Å². The zero-order valence-electron chi connectivity index (χ0n) is 13.5. The number of aromatic nitrogens is 4. The Labute approximate surface area is 146 Å². The van der Waals surface area contributed by atoms with E-state index in [1.165, 1.54) is 10.9 Å². The first-order valence-electron chi connectivity index (χ1n) is 7.28. The molecular formula is C13H16N5O7P. The topological polar surface area (TPSA) is 175 Å². The van der Waals surface area contributed by atoms with Crippen LogP contribution < -0.4 is 11.3 Å². The summed E-state index contributed by atoms with van der Waals surface area (Å²) in [5.41, 5.74) is 5.05. The van der Waals surface area contributed by atoms with E-state index in [4.69, 9.17) is 21.6 Å². The largest absolute Gasteiger partial charge is 0.388 e. The van der Waals surface area contributed by atoms with Crippen LogP contribution in [0.15, 0.2) is 11.1 Å².